The number of nitrogens with one attached hydrogen (secondary N) is 1. The summed E-state index contributed by atoms with van der Waals surface area (Å²) in [5.74, 6) is 0.880. The zero-order valence-corrected chi connectivity index (χ0v) is 19.8. The molecule has 4 rings (SSSR count). The summed E-state index contributed by atoms with van der Waals surface area (Å²) >= 11 is 5.80. The van der Waals surface area contributed by atoms with E-state index in [1.807, 2.05) is 37.4 Å². The van der Waals surface area contributed by atoms with Crippen LogP contribution in [0.5, 0.6) is 5.75 Å². The molecule has 1 aliphatic rings. The van der Waals surface area contributed by atoms with Gasteiger partial charge in [-0.25, -0.2) is 0 Å². The van der Waals surface area contributed by atoms with E-state index in [0.29, 0.717) is 6.61 Å². The van der Waals surface area contributed by atoms with Crippen LogP contribution in [0.2, 0.25) is 0 Å². The molecular formula is C25H31N5OS. The van der Waals surface area contributed by atoms with E-state index in [0.717, 1.165) is 41.8 Å². The third-order valence-corrected chi connectivity index (χ3v) is 6.06. The number of nitrogens with zero attached hydrogens (tertiary/aromatic N) is 4. The van der Waals surface area contributed by atoms with Crippen LogP contribution in [0.25, 0.3) is 5.69 Å². The fourth-order valence-electron chi connectivity index (χ4n) is 4.27. The Hall–Kier alpha value is -2.90. The molecule has 0 bridgehead atoms. The molecule has 1 N–H and O–H groups in total. The Morgan fingerprint density at radius 1 is 1.09 bits per heavy atom. The van der Waals surface area contributed by atoms with Gasteiger partial charge in [-0.2, -0.15) is 0 Å². The van der Waals surface area contributed by atoms with Gasteiger partial charge in [-0.3, -0.25) is 4.98 Å². The standard InChI is InChI=1S/C25H31N5OS/c1-4-31-20-13-11-19(12-14-20)29-17-7-10-22(29)24-23(21-9-5-6-15-26-21)27-25(32)30(24)18-8-16-28(2)3/h5-7,9-15,17,23-24H,4,8,16,18H2,1-3H3,(H,27,32)/t23-,24+/m0/s1. The van der Waals surface area contributed by atoms with Crippen molar-refractivity contribution in [2.75, 3.05) is 33.8 Å². The molecule has 3 heterocycles. The van der Waals surface area contributed by atoms with Gasteiger partial charge in [0, 0.05) is 30.3 Å². The summed E-state index contributed by atoms with van der Waals surface area (Å²) in [6.07, 6.45) is 4.99. The lowest BCUT2D eigenvalue weighted by atomic mass is 10.0. The number of hydrogen-bond acceptors (Lipinski definition) is 4. The van der Waals surface area contributed by atoms with Crippen LogP contribution in [-0.4, -0.2) is 58.3 Å². The normalized spacial score (nSPS) is 18.2. The van der Waals surface area contributed by atoms with Crippen molar-refractivity contribution in [2.45, 2.75) is 25.4 Å². The SMILES string of the molecule is CCOc1ccc(-n2cccc2[C@@H]2[C@H](c3ccccn3)NC(=S)N2CCCN(C)C)cc1. The molecule has 1 saturated heterocycles. The monoisotopic (exact) mass is 449 g/mol. The largest absolute Gasteiger partial charge is 0.494 e. The number of pyridine rings is 1. The highest BCUT2D eigenvalue weighted by Crippen LogP contribution is 2.39. The van der Waals surface area contributed by atoms with E-state index in [1.165, 1.54) is 5.69 Å². The molecule has 168 valence electrons. The minimum absolute atomic E-state index is 0.0144. The van der Waals surface area contributed by atoms with Gasteiger partial charge in [0.1, 0.15) is 5.75 Å². The lowest BCUT2D eigenvalue weighted by molar-refractivity contribution is 0.286. The van der Waals surface area contributed by atoms with Crippen molar-refractivity contribution >= 4 is 17.3 Å². The van der Waals surface area contributed by atoms with Gasteiger partial charge in [0.2, 0.25) is 0 Å². The summed E-state index contributed by atoms with van der Waals surface area (Å²) in [7, 11) is 4.21. The van der Waals surface area contributed by atoms with Crippen molar-refractivity contribution in [2.24, 2.45) is 0 Å². The number of hydrogen-bond donors (Lipinski definition) is 1. The van der Waals surface area contributed by atoms with Crippen molar-refractivity contribution in [3.8, 4) is 11.4 Å². The Labute approximate surface area is 195 Å². The van der Waals surface area contributed by atoms with E-state index in [4.69, 9.17) is 17.0 Å². The number of aromatic nitrogens is 2. The van der Waals surface area contributed by atoms with Crippen molar-refractivity contribution < 1.29 is 4.74 Å². The third-order valence-electron chi connectivity index (χ3n) is 5.71. The van der Waals surface area contributed by atoms with E-state index in [9.17, 15) is 0 Å². The molecule has 0 aliphatic carbocycles. The van der Waals surface area contributed by atoms with Crippen molar-refractivity contribution in [1.82, 2.24) is 24.7 Å². The van der Waals surface area contributed by atoms with E-state index >= 15 is 0 Å². The van der Waals surface area contributed by atoms with Crippen molar-refractivity contribution in [1.29, 1.82) is 0 Å². The summed E-state index contributed by atoms with van der Waals surface area (Å²) < 4.78 is 7.86. The van der Waals surface area contributed by atoms with Crippen molar-refractivity contribution in [3.63, 3.8) is 0 Å². The van der Waals surface area contributed by atoms with Gasteiger partial charge in [-0.05, 0) is 94.7 Å². The third kappa shape index (κ3) is 4.79. The molecule has 0 unspecified atom stereocenters. The molecule has 3 aromatic rings. The zero-order chi connectivity index (χ0) is 22.5. The van der Waals surface area contributed by atoms with Crippen LogP contribution in [0.15, 0.2) is 67.0 Å². The topological polar surface area (TPSA) is 45.6 Å². The molecule has 2 aromatic heterocycles. The predicted molar refractivity (Wildman–Crippen MR) is 132 cm³/mol. The molecular weight excluding hydrogens is 418 g/mol. The highest BCUT2D eigenvalue weighted by atomic mass is 32.1. The minimum atomic E-state index is -0.0144. The van der Waals surface area contributed by atoms with Gasteiger partial charge in [-0.15, -0.1) is 0 Å². The van der Waals surface area contributed by atoms with Gasteiger partial charge in [0.15, 0.2) is 5.11 Å². The molecule has 0 amide bonds. The smallest absolute Gasteiger partial charge is 0.170 e. The first-order valence-corrected chi connectivity index (χ1v) is 11.5. The quantitative estimate of drug-likeness (QED) is 0.494. The second-order valence-electron chi connectivity index (χ2n) is 8.21. The summed E-state index contributed by atoms with van der Waals surface area (Å²) in [4.78, 5) is 9.18. The Morgan fingerprint density at radius 2 is 1.91 bits per heavy atom. The summed E-state index contributed by atoms with van der Waals surface area (Å²) in [5, 5.41) is 4.33. The minimum Gasteiger partial charge on any atom is -0.494 e. The van der Waals surface area contributed by atoms with Gasteiger partial charge in [0.05, 0.1) is 24.4 Å². The van der Waals surface area contributed by atoms with Gasteiger partial charge in [-0.1, -0.05) is 6.07 Å². The maximum Gasteiger partial charge on any atom is 0.170 e. The molecule has 2 atom stereocenters. The molecule has 6 nitrogen and oxygen atoms in total. The first-order chi connectivity index (χ1) is 15.6. The van der Waals surface area contributed by atoms with Gasteiger partial charge >= 0.3 is 0 Å². The second-order valence-corrected chi connectivity index (χ2v) is 8.59. The van der Waals surface area contributed by atoms with E-state index < -0.39 is 0 Å². The van der Waals surface area contributed by atoms with E-state index in [-0.39, 0.29) is 12.1 Å². The first kappa shape index (κ1) is 22.3. The molecule has 32 heavy (non-hydrogen) atoms. The molecule has 0 radical (unpaired) electrons. The van der Waals surface area contributed by atoms with Crippen LogP contribution >= 0.6 is 12.2 Å². The first-order valence-electron chi connectivity index (χ1n) is 11.1. The predicted octanol–water partition coefficient (Wildman–Crippen LogP) is 4.20. The molecule has 1 aromatic carbocycles. The number of thiocarbonyl (C=S) groups is 1. The average molecular weight is 450 g/mol. The number of rotatable bonds is 9. The Balaban J connectivity index is 1.70. The van der Waals surface area contributed by atoms with Gasteiger partial charge < -0.3 is 24.4 Å². The molecule has 7 heteroatoms. The van der Waals surface area contributed by atoms with Crippen LogP contribution in [0.1, 0.15) is 36.8 Å². The Morgan fingerprint density at radius 3 is 2.59 bits per heavy atom. The highest BCUT2D eigenvalue weighted by molar-refractivity contribution is 7.80. The van der Waals surface area contributed by atoms with Crippen LogP contribution in [-0.2, 0) is 0 Å². The van der Waals surface area contributed by atoms with E-state index in [2.05, 4.69) is 75.3 Å². The van der Waals surface area contributed by atoms with E-state index in [1.54, 1.807) is 0 Å². The van der Waals surface area contributed by atoms with Crippen LogP contribution in [0, 0.1) is 0 Å². The maximum atomic E-state index is 5.80. The van der Waals surface area contributed by atoms with Crippen LogP contribution < -0.4 is 10.1 Å². The fourth-order valence-corrected chi connectivity index (χ4v) is 4.60. The molecule has 1 fully saturated rings. The number of benzene rings is 1. The fraction of sp³-hybridized carbons (Fsp3) is 0.360. The Kier molecular flexibility index (Phi) is 7.07. The number of ether oxygens (including phenoxy) is 1. The lowest BCUT2D eigenvalue weighted by Crippen LogP contribution is -2.32. The highest BCUT2D eigenvalue weighted by Gasteiger charge is 2.40. The van der Waals surface area contributed by atoms with Crippen molar-refractivity contribution in [3.05, 3.63) is 78.4 Å². The van der Waals surface area contributed by atoms with Crippen LogP contribution in [0.3, 0.4) is 0 Å². The summed E-state index contributed by atoms with van der Waals surface area (Å²) in [6, 6.07) is 18.6. The molecule has 1 aliphatic heterocycles. The average Bonchev–Trinajstić information content (AvgIpc) is 3.39. The second kappa shape index (κ2) is 10.1. The zero-order valence-electron chi connectivity index (χ0n) is 18.9. The molecule has 0 spiro atoms. The summed E-state index contributed by atoms with van der Waals surface area (Å²) in [6.45, 7) is 4.55. The summed E-state index contributed by atoms with van der Waals surface area (Å²) in [5.41, 5.74) is 3.27. The molecule has 0 saturated carbocycles. The Bertz CT molecular complexity index is 1020. The maximum absolute atomic E-state index is 5.80. The van der Waals surface area contributed by atoms with Crippen LogP contribution in [0.4, 0.5) is 0 Å². The lowest BCUT2D eigenvalue weighted by Gasteiger charge is -2.29. The van der Waals surface area contributed by atoms with Gasteiger partial charge in [0.25, 0.3) is 0 Å².